The number of hydrogen-bond donors (Lipinski definition) is 2. The van der Waals surface area contributed by atoms with Crippen LogP contribution in [-0.2, 0) is 9.59 Å². The van der Waals surface area contributed by atoms with Crippen molar-refractivity contribution in [2.45, 2.75) is 26.3 Å². The molecule has 7 nitrogen and oxygen atoms in total. The van der Waals surface area contributed by atoms with Crippen molar-refractivity contribution in [3.8, 4) is 5.75 Å². The third kappa shape index (κ3) is 3.83. The van der Waals surface area contributed by atoms with Gasteiger partial charge < -0.3 is 20.2 Å². The number of nitrogens with one attached hydrogen (secondary N) is 1. The first-order chi connectivity index (χ1) is 13.3. The van der Waals surface area contributed by atoms with Gasteiger partial charge in [0.25, 0.3) is 5.91 Å². The van der Waals surface area contributed by atoms with Crippen molar-refractivity contribution in [1.29, 1.82) is 0 Å². The van der Waals surface area contributed by atoms with E-state index in [1.165, 1.54) is 18.0 Å². The minimum absolute atomic E-state index is 0.127. The molecule has 28 heavy (non-hydrogen) atoms. The highest BCUT2D eigenvalue weighted by Crippen LogP contribution is 2.31. The molecule has 3 rings (SSSR count). The van der Waals surface area contributed by atoms with Crippen LogP contribution in [0.2, 0.25) is 0 Å². The maximum absolute atomic E-state index is 13.1. The number of carbonyl (C=O) groups is 3. The Morgan fingerprint density at radius 2 is 1.96 bits per heavy atom. The first-order valence-corrected chi connectivity index (χ1v) is 9.04. The van der Waals surface area contributed by atoms with Gasteiger partial charge in [0.05, 0.1) is 16.9 Å². The van der Waals surface area contributed by atoms with Crippen molar-refractivity contribution in [1.82, 2.24) is 4.90 Å². The highest BCUT2D eigenvalue weighted by atomic mass is 16.3. The summed E-state index contributed by atoms with van der Waals surface area (Å²) in [7, 11) is 1.51. The number of aromatic hydroxyl groups is 1. The zero-order valence-electron chi connectivity index (χ0n) is 16.1. The fraction of sp³-hybridized carbons (Fsp3) is 0.286. The van der Waals surface area contributed by atoms with Gasteiger partial charge in [0.2, 0.25) is 11.8 Å². The van der Waals surface area contributed by atoms with Gasteiger partial charge in [0.15, 0.2) is 0 Å². The van der Waals surface area contributed by atoms with Gasteiger partial charge in [-0.05, 0) is 38.1 Å². The number of benzene rings is 2. The number of phenolic OH excluding ortho intramolecular Hbond substituents is 1. The lowest BCUT2D eigenvalue weighted by atomic mass is 10.1. The second kappa shape index (κ2) is 7.72. The summed E-state index contributed by atoms with van der Waals surface area (Å²) in [4.78, 5) is 40.7. The Hall–Kier alpha value is -3.35. The van der Waals surface area contributed by atoms with E-state index in [4.69, 9.17) is 0 Å². The Kier molecular flexibility index (Phi) is 5.35. The Morgan fingerprint density at radius 1 is 1.25 bits per heavy atom. The summed E-state index contributed by atoms with van der Waals surface area (Å²) < 4.78 is 0. The van der Waals surface area contributed by atoms with Crippen LogP contribution in [0, 0.1) is 6.92 Å². The lowest BCUT2D eigenvalue weighted by Crippen LogP contribution is -2.45. The van der Waals surface area contributed by atoms with Gasteiger partial charge in [-0.3, -0.25) is 14.4 Å². The van der Waals surface area contributed by atoms with Crippen LogP contribution >= 0.6 is 0 Å². The van der Waals surface area contributed by atoms with Crippen molar-refractivity contribution in [2.24, 2.45) is 0 Å². The number of para-hydroxylation sites is 2. The van der Waals surface area contributed by atoms with Gasteiger partial charge >= 0.3 is 0 Å². The molecule has 1 aliphatic heterocycles. The SMILES string of the molecule is Cc1ccc(O)c(C(=O)N(C)CC(=O)N2c3ccccc3NC(=O)C[C@H]2C)c1. The summed E-state index contributed by atoms with van der Waals surface area (Å²) in [5.74, 6) is -1.04. The fourth-order valence-electron chi connectivity index (χ4n) is 3.35. The van der Waals surface area contributed by atoms with E-state index in [1.807, 2.05) is 6.92 Å². The molecular weight excluding hydrogens is 358 g/mol. The van der Waals surface area contributed by atoms with Crippen molar-refractivity contribution in [3.63, 3.8) is 0 Å². The second-order valence-electron chi connectivity index (χ2n) is 7.06. The van der Waals surface area contributed by atoms with Crippen LogP contribution in [0.3, 0.4) is 0 Å². The molecule has 0 spiro atoms. The summed E-state index contributed by atoms with van der Waals surface area (Å²) in [6.07, 6.45) is 0.163. The number of hydrogen-bond acceptors (Lipinski definition) is 4. The zero-order valence-corrected chi connectivity index (χ0v) is 16.1. The number of carbonyl (C=O) groups excluding carboxylic acids is 3. The van der Waals surface area contributed by atoms with Crippen LogP contribution in [0.25, 0.3) is 0 Å². The quantitative estimate of drug-likeness (QED) is 0.855. The predicted octanol–water partition coefficient (Wildman–Crippen LogP) is 2.54. The van der Waals surface area contributed by atoms with Gasteiger partial charge in [-0.15, -0.1) is 0 Å². The average Bonchev–Trinajstić information content (AvgIpc) is 2.77. The van der Waals surface area contributed by atoms with Crippen LogP contribution in [0.5, 0.6) is 5.75 Å². The molecule has 146 valence electrons. The van der Waals surface area contributed by atoms with Crippen molar-refractivity contribution >= 4 is 29.1 Å². The summed E-state index contributed by atoms with van der Waals surface area (Å²) in [5.41, 5.74) is 2.15. The van der Waals surface area contributed by atoms with E-state index in [-0.39, 0.29) is 42.1 Å². The van der Waals surface area contributed by atoms with E-state index >= 15 is 0 Å². The van der Waals surface area contributed by atoms with Crippen molar-refractivity contribution < 1.29 is 19.5 Å². The van der Waals surface area contributed by atoms with Gasteiger partial charge in [0, 0.05) is 19.5 Å². The number of fused-ring (bicyclic) bond motifs is 1. The van der Waals surface area contributed by atoms with Gasteiger partial charge in [0.1, 0.15) is 12.3 Å². The maximum Gasteiger partial charge on any atom is 0.257 e. The van der Waals surface area contributed by atoms with E-state index in [0.29, 0.717) is 11.4 Å². The lowest BCUT2D eigenvalue weighted by molar-refractivity contribution is -0.119. The Morgan fingerprint density at radius 3 is 2.71 bits per heavy atom. The van der Waals surface area contributed by atoms with Crippen LogP contribution < -0.4 is 10.2 Å². The minimum atomic E-state index is -0.445. The second-order valence-corrected chi connectivity index (χ2v) is 7.06. The molecule has 2 aromatic carbocycles. The Bertz CT molecular complexity index is 941. The monoisotopic (exact) mass is 381 g/mol. The molecule has 0 radical (unpaired) electrons. The smallest absolute Gasteiger partial charge is 0.257 e. The number of aryl methyl sites for hydroxylation is 1. The summed E-state index contributed by atoms with van der Waals surface area (Å²) >= 11 is 0. The molecule has 2 N–H and O–H groups in total. The van der Waals surface area contributed by atoms with E-state index in [0.717, 1.165) is 5.56 Å². The summed E-state index contributed by atoms with van der Waals surface area (Å²) in [6, 6.07) is 11.5. The lowest BCUT2D eigenvalue weighted by Gasteiger charge is -2.29. The number of amides is 3. The first-order valence-electron chi connectivity index (χ1n) is 9.04. The van der Waals surface area contributed by atoms with E-state index in [1.54, 1.807) is 48.2 Å². The molecule has 0 unspecified atom stereocenters. The number of nitrogens with zero attached hydrogens (tertiary/aromatic N) is 2. The molecule has 0 saturated carbocycles. The van der Waals surface area contributed by atoms with Crippen LogP contribution in [0.15, 0.2) is 42.5 Å². The highest BCUT2D eigenvalue weighted by Gasteiger charge is 2.31. The molecule has 1 heterocycles. The molecule has 7 heteroatoms. The van der Waals surface area contributed by atoms with Crippen molar-refractivity contribution in [2.75, 3.05) is 23.8 Å². The number of phenols is 1. The maximum atomic E-state index is 13.1. The third-order valence-corrected chi connectivity index (χ3v) is 4.73. The molecule has 0 bridgehead atoms. The van der Waals surface area contributed by atoms with E-state index < -0.39 is 5.91 Å². The van der Waals surface area contributed by atoms with Crippen molar-refractivity contribution in [3.05, 3.63) is 53.6 Å². The molecule has 3 amide bonds. The van der Waals surface area contributed by atoms with Crippen LogP contribution in [0.1, 0.15) is 29.3 Å². The van der Waals surface area contributed by atoms with E-state index in [9.17, 15) is 19.5 Å². The highest BCUT2D eigenvalue weighted by molar-refractivity contribution is 6.06. The normalized spacial score (nSPS) is 16.0. The number of anilines is 2. The Labute approximate surface area is 163 Å². The summed E-state index contributed by atoms with van der Waals surface area (Å²) in [5, 5.41) is 12.8. The predicted molar refractivity (Wildman–Crippen MR) is 106 cm³/mol. The summed E-state index contributed by atoms with van der Waals surface area (Å²) in [6.45, 7) is 3.44. The van der Waals surface area contributed by atoms with Gasteiger partial charge in [-0.25, -0.2) is 0 Å². The third-order valence-electron chi connectivity index (χ3n) is 4.73. The number of rotatable bonds is 3. The zero-order chi connectivity index (χ0) is 20.4. The number of likely N-dealkylation sites (N-methyl/N-ethyl adjacent to an activating group) is 1. The van der Waals surface area contributed by atoms with Crippen LogP contribution in [-0.4, -0.2) is 47.4 Å². The average molecular weight is 381 g/mol. The fourth-order valence-corrected chi connectivity index (χ4v) is 3.35. The molecule has 1 aliphatic rings. The van der Waals surface area contributed by atoms with Gasteiger partial charge in [-0.2, -0.15) is 0 Å². The molecular formula is C21H23N3O4. The molecule has 0 aliphatic carbocycles. The minimum Gasteiger partial charge on any atom is -0.507 e. The Balaban J connectivity index is 1.84. The topological polar surface area (TPSA) is 89.9 Å². The first kappa shape index (κ1) is 19.4. The standard InChI is InChI=1S/C21H23N3O4/c1-13-8-9-18(25)15(10-13)21(28)23(3)12-20(27)24-14(2)11-19(26)22-16-6-4-5-7-17(16)24/h4-10,14,25H,11-12H2,1-3H3,(H,22,26)/t14-/m1/s1. The van der Waals surface area contributed by atoms with E-state index in [2.05, 4.69) is 5.32 Å². The molecule has 0 fully saturated rings. The largest absolute Gasteiger partial charge is 0.507 e. The van der Waals surface area contributed by atoms with Crippen LogP contribution in [0.4, 0.5) is 11.4 Å². The molecule has 0 saturated heterocycles. The molecule has 1 atom stereocenters. The molecule has 2 aromatic rings. The molecule has 0 aromatic heterocycles. The van der Waals surface area contributed by atoms with Gasteiger partial charge in [-0.1, -0.05) is 23.8 Å².